The number of urea groups is 1. The first-order chi connectivity index (χ1) is 9.82. The molecule has 0 bridgehead atoms. The van der Waals surface area contributed by atoms with Crippen molar-refractivity contribution in [1.29, 1.82) is 0 Å². The largest absolute Gasteiger partial charge is 0.335 e. The molecule has 1 fully saturated rings. The van der Waals surface area contributed by atoms with E-state index in [0.29, 0.717) is 0 Å². The van der Waals surface area contributed by atoms with Gasteiger partial charge in [0.05, 0.1) is 6.67 Å². The number of rotatable bonds is 4. The van der Waals surface area contributed by atoms with Crippen LogP contribution in [0, 0.1) is 5.82 Å². The molecule has 1 heterocycles. The summed E-state index contributed by atoms with van der Waals surface area (Å²) >= 11 is 5.92. The molecule has 4 amide bonds. The number of nitrogens with zero attached hydrogens (tertiary/aromatic N) is 3. The lowest BCUT2D eigenvalue weighted by Gasteiger charge is -2.22. The lowest BCUT2D eigenvalue weighted by Crippen LogP contribution is -2.40. The van der Waals surface area contributed by atoms with Crippen molar-refractivity contribution >= 4 is 29.4 Å². The van der Waals surface area contributed by atoms with Gasteiger partial charge in [0, 0.05) is 24.2 Å². The van der Waals surface area contributed by atoms with Crippen molar-refractivity contribution in [2.45, 2.75) is 6.54 Å². The lowest BCUT2D eigenvalue weighted by molar-refractivity contribution is -0.143. The number of amides is 4. The summed E-state index contributed by atoms with van der Waals surface area (Å²) in [5, 5.41) is 0.258. The van der Waals surface area contributed by atoms with Gasteiger partial charge in [0.15, 0.2) is 0 Å². The van der Waals surface area contributed by atoms with Crippen LogP contribution >= 0.6 is 11.6 Å². The molecule has 0 N–H and O–H groups in total. The van der Waals surface area contributed by atoms with Crippen LogP contribution in [0.3, 0.4) is 0 Å². The fourth-order valence-corrected chi connectivity index (χ4v) is 2.21. The van der Waals surface area contributed by atoms with E-state index >= 15 is 0 Å². The minimum atomic E-state index is -0.894. The van der Waals surface area contributed by atoms with E-state index in [1.807, 2.05) is 0 Å². The van der Waals surface area contributed by atoms with Crippen LogP contribution in [-0.2, 0) is 16.1 Å². The quantitative estimate of drug-likeness (QED) is 0.621. The summed E-state index contributed by atoms with van der Waals surface area (Å²) in [5.74, 6) is -2.24. The van der Waals surface area contributed by atoms with E-state index in [9.17, 15) is 18.8 Å². The Kier molecular flexibility index (Phi) is 4.24. The first-order valence-corrected chi connectivity index (χ1v) is 6.45. The minimum Gasteiger partial charge on any atom is -0.284 e. The number of carbonyl (C=O) groups is 3. The summed E-state index contributed by atoms with van der Waals surface area (Å²) in [6, 6.07) is 3.62. The highest BCUT2D eigenvalue weighted by Crippen LogP contribution is 2.21. The molecule has 1 aromatic carbocycles. The smallest absolute Gasteiger partial charge is 0.284 e. The molecule has 21 heavy (non-hydrogen) atoms. The van der Waals surface area contributed by atoms with Crippen LogP contribution in [0.15, 0.2) is 18.2 Å². The molecule has 1 aliphatic heterocycles. The number of likely N-dealkylation sites (N-methyl/N-ethyl adjacent to an activating group) is 1. The molecule has 1 saturated heterocycles. The minimum absolute atomic E-state index is 0.0977. The highest BCUT2D eigenvalue weighted by atomic mass is 35.5. The Balaban J connectivity index is 2.09. The third kappa shape index (κ3) is 2.88. The molecule has 112 valence electrons. The van der Waals surface area contributed by atoms with Crippen molar-refractivity contribution in [3.8, 4) is 0 Å². The van der Waals surface area contributed by atoms with Crippen LogP contribution in [-0.4, -0.2) is 53.3 Å². The van der Waals surface area contributed by atoms with E-state index in [2.05, 4.69) is 0 Å². The van der Waals surface area contributed by atoms with Crippen LogP contribution in [0.4, 0.5) is 9.18 Å². The summed E-state index contributed by atoms with van der Waals surface area (Å²) in [6.45, 7) is -0.0289. The number of carbonyl (C=O) groups excluding carboxylic acids is 3. The zero-order chi connectivity index (χ0) is 15.7. The molecule has 6 nitrogen and oxygen atoms in total. The third-order valence-electron chi connectivity index (χ3n) is 3.12. The average Bonchev–Trinajstić information content (AvgIpc) is 2.61. The molecule has 1 aliphatic rings. The Hall–Kier alpha value is -1.99. The molecule has 0 saturated carbocycles. The van der Waals surface area contributed by atoms with E-state index < -0.39 is 23.7 Å². The van der Waals surface area contributed by atoms with E-state index in [4.69, 9.17) is 11.6 Å². The van der Waals surface area contributed by atoms with E-state index in [1.54, 1.807) is 13.1 Å². The molecule has 0 unspecified atom stereocenters. The zero-order valence-electron chi connectivity index (χ0n) is 11.5. The van der Waals surface area contributed by atoms with Gasteiger partial charge < -0.3 is 0 Å². The number of hydrogen-bond acceptors (Lipinski definition) is 4. The van der Waals surface area contributed by atoms with E-state index in [0.717, 1.165) is 9.80 Å². The molecule has 0 aliphatic carbocycles. The summed E-state index contributed by atoms with van der Waals surface area (Å²) < 4.78 is 13.7. The van der Waals surface area contributed by atoms with Crippen molar-refractivity contribution in [1.82, 2.24) is 14.7 Å². The van der Waals surface area contributed by atoms with Crippen LogP contribution < -0.4 is 0 Å². The lowest BCUT2D eigenvalue weighted by atomic mass is 10.2. The van der Waals surface area contributed by atoms with Gasteiger partial charge in [-0.2, -0.15) is 0 Å². The van der Waals surface area contributed by atoms with Gasteiger partial charge in [0.2, 0.25) is 0 Å². The zero-order valence-corrected chi connectivity index (χ0v) is 12.2. The Morgan fingerprint density at radius 1 is 1.24 bits per heavy atom. The molecule has 1 aromatic rings. The molecule has 0 atom stereocenters. The Morgan fingerprint density at radius 3 is 2.43 bits per heavy atom. The van der Waals surface area contributed by atoms with Gasteiger partial charge in [-0.1, -0.05) is 17.7 Å². The molecular formula is C13H13ClFN3O3. The maximum atomic E-state index is 13.7. The summed E-state index contributed by atoms with van der Waals surface area (Å²) in [5.41, 5.74) is 0.264. The molecule has 8 heteroatoms. The average molecular weight is 314 g/mol. The van der Waals surface area contributed by atoms with Gasteiger partial charge >= 0.3 is 17.8 Å². The van der Waals surface area contributed by atoms with Crippen LogP contribution in [0.25, 0.3) is 0 Å². The number of halogens is 2. The van der Waals surface area contributed by atoms with Crippen LogP contribution in [0.5, 0.6) is 0 Å². The predicted molar refractivity (Wildman–Crippen MR) is 72.8 cm³/mol. The number of imide groups is 2. The first kappa shape index (κ1) is 15.4. The maximum absolute atomic E-state index is 13.7. The van der Waals surface area contributed by atoms with Gasteiger partial charge in [0.1, 0.15) is 5.82 Å². The molecule has 0 radical (unpaired) electrons. The second-order valence-electron chi connectivity index (χ2n) is 4.74. The monoisotopic (exact) mass is 313 g/mol. The fourth-order valence-electron chi connectivity index (χ4n) is 1.98. The highest BCUT2D eigenvalue weighted by Gasteiger charge is 2.42. The van der Waals surface area contributed by atoms with Gasteiger partial charge in [-0.15, -0.1) is 0 Å². The van der Waals surface area contributed by atoms with Crippen molar-refractivity contribution in [2.24, 2.45) is 0 Å². The summed E-state index contributed by atoms with van der Waals surface area (Å²) in [7, 11) is 2.82. The summed E-state index contributed by atoms with van der Waals surface area (Å²) in [6.07, 6.45) is 0. The van der Waals surface area contributed by atoms with Crippen molar-refractivity contribution < 1.29 is 18.8 Å². The second kappa shape index (κ2) is 5.79. The second-order valence-corrected chi connectivity index (χ2v) is 5.14. The molecule has 2 rings (SSSR count). The van der Waals surface area contributed by atoms with Gasteiger partial charge in [0.25, 0.3) is 0 Å². The normalized spacial score (nSPS) is 15.6. The van der Waals surface area contributed by atoms with Crippen LogP contribution in [0.2, 0.25) is 5.02 Å². The van der Waals surface area contributed by atoms with Gasteiger partial charge in [-0.05, 0) is 19.2 Å². The fraction of sp³-hybridized carbons (Fsp3) is 0.308. The molecular weight excluding hydrogens is 301 g/mol. The summed E-state index contributed by atoms with van der Waals surface area (Å²) in [4.78, 5) is 37.8. The van der Waals surface area contributed by atoms with Crippen molar-refractivity contribution in [2.75, 3.05) is 20.8 Å². The third-order valence-corrected chi connectivity index (χ3v) is 3.48. The SMILES string of the molecule is CN(Cc1c(F)cccc1Cl)CN1C(=O)C(=O)N(C)C1=O. The van der Waals surface area contributed by atoms with E-state index in [1.165, 1.54) is 24.1 Å². The highest BCUT2D eigenvalue weighted by molar-refractivity contribution is 6.44. The standard InChI is InChI=1S/C13H13ClFN3O3/c1-16(6-8-9(14)4-3-5-10(8)15)7-18-12(20)11(19)17(2)13(18)21/h3-5H,6-7H2,1-2H3. The molecule has 0 aromatic heterocycles. The Morgan fingerprint density at radius 2 is 1.90 bits per heavy atom. The topological polar surface area (TPSA) is 60.9 Å². The Labute approximate surface area is 125 Å². The molecule has 0 spiro atoms. The van der Waals surface area contributed by atoms with Gasteiger partial charge in [-0.25, -0.2) is 14.1 Å². The van der Waals surface area contributed by atoms with Crippen molar-refractivity contribution in [3.63, 3.8) is 0 Å². The van der Waals surface area contributed by atoms with Gasteiger partial charge in [-0.3, -0.25) is 19.4 Å². The maximum Gasteiger partial charge on any atom is 0.335 e. The van der Waals surface area contributed by atoms with Crippen LogP contribution in [0.1, 0.15) is 5.56 Å². The first-order valence-electron chi connectivity index (χ1n) is 6.08. The van der Waals surface area contributed by atoms with E-state index in [-0.39, 0.29) is 23.8 Å². The predicted octanol–water partition coefficient (Wildman–Crippen LogP) is 1.29. The van der Waals surface area contributed by atoms with Crippen molar-refractivity contribution in [3.05, 3.63) is 34.6 Å². The number of hydrogen-bond donors (Lipinski definition) is 0. The number of benzene rings is 1. The Bertz CT molecular complexity index is 602.